The van der Waals surface area contributed by atoms with Gasteiger partial charge in [0.25, 0.3) is 0 Å². The SMILES string of the molecule is Fc1c(F)c(F)c(CBr)c(CBr)c1F. The van der Waals surface area contributed by atoms with Crippen LogP contribution in [0, 0.1) is 23.3 Å². The third kappa shape index (κ3) is 1.82. The minimum Gasteiger partial charge on any atom is -0.203 e. The molecule has 0 fully saturated rings. The average molecular weight is 336 g/mol. The second-order valence-corrected chi connectivity index (χ2v) is 3.60. The van der Waals surface area contributed by atoms with Crippen LogP contribution in [-0.4, -0.2) is 0 Å². The maximum absolute atomic E-state index is 13.1. The summed E-state index contributed by atoms with van der Waals surface area (Å²) in [6.45, 7) is 0. The summed E-state index contributed by atoms with van der Waals surface area (Å²) in [5, 5.41) is -0.151. The third-order valence-electron chi connectivity index (χ3n) is 1.74. The third-order valence-corrected chi connectivity index (χ3v) is 2.86. The highest BCUT2D eigenvalue weighted by Crippen LogP contribution is 2.27. The highest BCUT2D eigenvalue weighted by Gasteiger charge is 2.23. The van der Waals surface area contributed by atoms with Gasteiger partial charge < -0.3 is 0 Å². The number of rotatable bonds is 2. The highest BCUT2D eigenvalue weighted by molar-refractivity contribution is 9.09. The van der Waals surface area contributed by atoms with Crippen LogP contribution in [0.5, 0.6) is 0 Å². The van der Waals surface area contributed by atoms with Crippen LogP contribution in [0.2, 0.25) is 0 Å². The smallest absolute Gasteiger partial charge is 0.197 e. The van der Waals surface area contributed by atoms with Crippen molar-refractivity contribution in [3.8, 4) is 0 Å². The molecule has 6 heteroatoms. The fourth-order valence-corrected chi connectivity index (χ4v) is 2.17. The molecule has 14 heavy (non-hydrogen) atoms. The average Bonchev–Trinajstić information content (AvgIpc) is 2.20. The van der Waals surface area contributed by atoms with Crippen LogP contribution >= 0.6 is 31.9 Å². The predicted octanol–water partition coefficient (Wildman–Crippen LogP) is 4.03. The molecule has 0 N–H and O–H groups in total. The van der Waals surface area contributed by atoms with Crippen LogP contribution in [0.4, 0.5) is 17.6 Å². The van der Waals surface area contributed by atoms with E-state index in [1.54, 1.807) is 0 Å². The summed E-state index contributed by atoms with van der Waals surface area (Å²) in [5.74, 6) is -6.26. The van der Waals surface area contributed by atoms with E-state index < -0.39 is 23.3 Å². The molecule has 0 aliphatic heterocycles. The van der Waals surface area contributed by atoms with Gasteiger partial charge in [0.15, 0.2) is 23.3 Å². The summed E-state index contributed by atoms with van der Waals surface area (Å²) in [4.78, 5) is 0. The number of alkyl halides is 2. The highest BCUT2D eigenvalue weighted by atomic mass is 79.9. The van der Waals surface area contributed by atoms with E-state index in [0.717, 1.165) is 0 Å². The van der Waals surface area contributed by atoms with Crippen molar-refractivity contribution < 1.29 is 17.6 Å². The van der Waals surface area contributed by atoms with Crippen LogP contribution in [0.15, 0.2) is 0 Å². The van der Waals surface area contributed by atoms with Gasteiger partial charge in [-0.25, -0.2) is 17.6 Å². The molecule has 0 aliphatic rings. The van der Waals surface area contributed by atoms with Crippen molar-refractivity contribution in [1.82, 2.24) is 0 Å². The van der Waals surface area contributed by atoms with Crippen molar-refractivity contribution in [3.05, 3.63) is 34.4 Å². The van der Waals surface area contributed by atoms with E-state index in [1.165, 1.54) is 0 Å². The van der Waals surface area contributed by atoms with Gasteiger partial charge in [-0.3, -0.25) is 0 Å². The van der Waals surface area contributed by atoms with E-state index in [1.807, 2.05) is 0 Å². The molecule has 0 aliphatic carbocycles. The number of benzene rings is 1. The number of halogens is 6. The van der Waals surface area contributed by atoms with Gasteiger partial charge in [0.05, 0.1) is 0 Å². The second kappa shape index (κ2) is 4.61. The lowest BCUT2D eigenvalue weighted by Gasteiger charge is -2.08. The summed E-state index contributed by atoms with van der Waals surface area (Å²) < 4.78 is 51.6. The Morgan fingerprint density at radius 2 is 0.929 bits per heavy atom. The Bertz CT molecular complexity index is 330. The standard InChI is InChI=1S/C8H4Br2F4/c9-1-3-4(2-10)6(12)8(14)7(13)5(3)11/h1-2H2. The molecule has 0 bridgehead atoms. The van der Waals surface area contributed by atoms with Gasteiger partial charge in [-0.05, 0) is 0 Å². The van der Waals surface area contributed by atoms with Crippen LogP contribution in [0.1, 0.15) is 11.1 Å². The van der Waals surface area contributed by atoms with Gasteiger partial charge in [-0.2, -0.15) is 0 Å². The molecule has 0 aromatic heterocycles. The van der Waals surface area contributed by atoms with E-state index in [4.69, 9.17) is 0 Å². The summed E-state index contributed by atoms with van der Waals surface area (Å²) >= 11 is 5.75. The summed E-state index contributed by atoms with van der Waals surface area (Å²) in [6.07, 6.45) is 0. The van der Waals surface area contributed by atoms with E-state index in [9.17, 15) is 17.6 Å². The zero-order valence-electron chi connectivity index (χ0n) is 6.68. The van der Waals surface area contributed by atoms with Crippen molar-refractivity contribution in [1.29, 1.82) is 0 Å². The van der Waals surface area contributed by atoms with Gasteiger partial charge in [0.2, 0.25) is 0 Å². The molecule has 1 aromatic rings. The first-order valence-electron chi connectivity index (χ1n) is 3.50. The van der Waals surface area contributed by atoms with Gasteiger partial charge in [0.1, 0.15) is 0 Å². The molecule has 0 spiro atoms. The lowest BCUT2D eigenvalue weighted by Crippen LogP contribution is -2.06. The van der Waals surface area contributed by atoms with E-state index >= 15 is 0 Å². The number of hydrogen-bond acceptors (Lipinski definition) is 0. The largest absolute Gasteiger partial charge is 0.203 e. The Kier molecular flexibility index (Phi) is 3.94. The van der Waals surface area contributed by atoms with E-state index in [2.05, 4.69) is 31.9 Å². The Labute approximate surface area is 94.6 Å². The fourth-order valence-electron chi connectivity index (χ4n) is 1.00. The minimum absolute atomic E-state index is 0.0755. The first-order chi connectivity index (χ1) is 6.54. The maximum Gasteiger partial charge on any atom is 0.197 e. The molecule has 1 rings (SSSR count). The molecule has 0 amide bonds. The Morgan fingerprint density at radius 3 is 1.14 bits per heavy atom. The minimum atomic E-state index is -1.78. The molecule has 0 atom stereocenters. The topological polar surface area (TPSA) is 0 Å². The van der Waals surface area contributed by atoms with Gasteiger partial charge >= 0.3 is 0 Å². The molecule has 0 radical (unpaired) electrons. The zero-order valence-corrected chi connectivity index (χ0v) is 9.85. The fraction of sp³-hybridized carbons (Fsp3) is 0.250. The lowest BCUT2D eigenvalue weighted by atomic mass is 10.1. The van der Waals surface area contributed by atoms with Crippen LogP contribution in [0.25, 0.3) is 0 Å². The Balaban J connectivity index is 3.57. The zero-order chi connectivity index (χ0) is 10.9. The Morgan fingerprint density at radius 1 is 0.643 bits per heavy atom. The van der Waals surface area contributed by atoms with Crippen LogP contribution in [0.3, 0.4) is 0 Å². The number of hydrogen-bond donors (Lipinski definition) is 0. The first kappa shape index (κ1) is 12.0. The molecule has 1 aromatic carbocycles. The lowest BCUT2D eigenvalue weighted by molar-refractivity contribution is 0.402. The van der Waals surface area contributed by atoms with Crippen molar-refractivity contribution >= 4 is 31.9 Å². The Hall–Kier alpha value is -0.100. The van der Waals surface area contributed by atoms with Crippen molar-refractivity contribution in [3.63, 3.8) is 0 Å². The van der Waals surface area contributed by atoms with Crippen molar-refractivity contribution in [2.24, 2.45) is 0 Å². The van der Waals surface area contributed by atoms with Gasteiger partial charge in [-0.1, -0.05) is 31.9 Å². The molecular formula is C8H4Br2F4. The maximum atomic E-state index is 13.1. The summed E-state index contributed by atoms with van der Waals surface area (Å²) in [6, 6.07) is 0. The molecular weight excluding hydrogens is 332 g/mol. The normalized spacial score (nSPS) is 10.7. The van der Waals surface area contributed by atoms with E-state index in [-0.39, 0.29) is 21.8 Å². The van der Waals surface area contributed by atoms with Gasteiger partial charge in [0, 0.05) is 21.8 Å². The summed E-state index contributed by atoms with van der Waals surface area (Å²) in [7, 11) is 0. The summed E-state index contributed by atoms with van der Waals surface area (Å²) in [5.41, 5.74) is -0.420. The van der Waals surface area contributed by atoms with Crippen LogP contribution < -0.4 is 0 Å². The molecule has 0 unspecified atom stereocenters. The molecule has 78 valence electrons. The van der Waals surface area contributed by atoms with E-state index in [0.29, 0.717) is 0 Å². The van der Waals surface area contributed by atoms with Gasteiger partial charge in [-0.15, -0.1) is 0 Å². The molecule has 0 saturated carbocycles. The van der Waals surface area contributed by atoms with Crippen molar-refractivity contribution in [2.45, 2.75) is 10.7 Å². The van der Waals surface area contributed by atoms with Crippen molar-refractivity contribution in [2.75, 3.05) is 0 Å². The predicted molar refractivity (Wildman–Crippen MR) is 51.5 cm³/mol. The molecule has 0 heterocycles. The van der Waals surface area contributed by atoms with Crippen LogP contribution in [-0.2, 0) is 10.7 Å². The monoisotopic (exact) mass is 334 g/mol. The molecule has 0 saturated heterocycles. The molecule has 0 nitrogen and oxygen atoms in total. The second-order valence-electron chi connectivity index (χ2n) is 2.48. The quantitative estimate of drug-likeness (QED) is 0.331. The first-order valence-corrected chi connectivity index (χ1v) is 5.74.